The van der Waals surface area contributed by atoms with Crippen molar-refractivity contribution in [3.8, 4) is 29.0 Å². The first kappa shape index (κ1) is 35.0. The maximum absolute atomic E-state index is 17.4. The number of hydrogen-bond donors (Lipinski definition) is 2. The van der Waals surface area contributed by atoms with Crippen LogP contribution in [-0.4, -0.2) is 65.4 Å². The highest BCUT2D eigenvalue weighted by Gasteiger charge is 2.47. The third kappa shape index (κ3) is 5.97. The van der Waals surface area contributed by atoms with E-state index in [1.54, 1.807) is 24.0 Å². The number of likely N-dealkylation sites (tertiary alicyclic amines) is 1. The molecule has 0 radical (unpaired) electrons. The number of hydrogen-bond acceptors (Lipinski definition) is 11. The highest BCUT2D eigenvalue weighted by atomic mass is 32.1. The molecule has 0 bridgehead atoms. The molecular formula is C36H32F6N8O2S. The van der Waals surface area contributed by atoms with Crippen LogP contribution in [0.5, 0.6) is 11.8 Å². The molecule has 17 heteroatoms. The molecule has 2 aromatic carbocycles. The molecule has 10 nitrogen and oxygen atoms in total. The van der Waals surface area contributed by atoms with Gasteiger partial charge in [-0.3, -0.25) is 4.90 Å². The minimum atomic E-state index is -5.22. The number of halogens is 6. The predicted octanol–water partition coefficient (Wildman–Crippen LogP) is 7.40. The van der Waals surface area contributed by atoms with Crippen molar-refractivity contribution in [2.75, 3.05) is 55.8 Å². The zero-order valence-electron chi connectivity index (χ0n) is 28.2. The fourth-order valence-corrected chi connectivity index (χ4v) is 8.49. The molecule has 2 aliphatic heterocycles. The number of nitrogens with two attached hydrogens (primary N) is 2. The SMILES string of the molecule is C[C@H](c1cccnc1N)N1CCOc2c(C(F)(F)F)c(-c3ccc(F)c4sc(N)c(C#N)c34)c(F)c3nc(OCC4(CN5CC[C@@H](F)C5)CC4)nc1c23. The maximum atomic E-state index is 17.4. The third-order valence-electron chi connectivity index (χ3n) is 10.4. The summed E-state index contributed by atoms with van der Waals surface area (Å²) in [7, 11) is 0. The molecule has 0 unspecified atom stereocenters. The molecule has 0 amide bonds. The summed E-state index contributed by atoms with van der Waals surface area (Å²) >= 11 is 0.673. The Morgan fingerprint density at radius 3 is 2.62 bits per heavy atom. The molecule has 3 aromatic heterocycles. The van der Waals surface area contributed by atoms with Crippen LogP contribution in [0.2, 0.25) is 0 Å². The summed E-state index contributed by atoms with van der Waals surface area (Å²) in [6, 6.07) is 6.18. The number of alkyl halides is 4. The van der Waals surface area contributed by atoms with Crippen LogP contribution < -0.4 is 25.8 Å². The summed E-state index contributed by atoms with van der Waals surface area (Å²) < 4.78 is 104. The number of fused-ring (bicyclic) bond motifs is 1. The lowest BCUT2D eigenvalue weighted by atomic mass is 9.91. The van der Waals surface area contributed by atoms with Gasteiger partial charge in [0.05, 0.1) is 34.8 Å². The fourth-order valence-electron chi connectivity index (χ4n) is 7.54. The Kier molecular flexibility index (Phi) is 8.45. The van der Waals surface area contributed by atoms with E-state index in [1.807, 2.05) is 11.0 Å². The van der Waals surface area contributed by atoms with Crippen molar-refractivity contribution < 1.29 is 35.8 Å². The van der Waals surface area contributed by atoms with Gasteiger partial charge in [-0.25, -0.2) is 18.2 Å². The summed E-state index contributed by atoms with van der Waals surface area (Å²) in [6.45, 7) is 3.08. The molecular weight excluding hydrogens is 723 g/mol. The topological polar surface area (TPSA) is 139 Å². The van der Waals surface area contributed by atoms with E-state index in [2.05, 4.69) is 15.0 Å². The number of thiophene rings is 1. The van der Waals surface area contributed by atoms with E-state index in [1.165, 1.54) is 6.20 Å². The van der Waals surface area contributed by atoms with E-state index in [-0.39, 0.29) is 68.9 Å². The largest absolute Gasteiger partial charge is 0.490 e. The zero-order chi connectivity index (χ0) is 37.4. The van der Waals surface area contributed by atoms with Crippen LogP contribution in [0.1, 0.15) is 48.9 Å². The number of nitrogen functional groups attached to an aromatic ring is 2. The Bertz CT molecular complexity index is 2320. The smallest absolute Gasteiger partial charge is 0.420 e. The number of pyridine rings is 1. The molecule has 1 saturated heterocycles. The van der Waals surface area contributed by atoms with E-state index in [9.17, 15) is 9.65 Å². The monoisotopic (exact) mass is 754 g/mol. The zero-order valence-corrected chi connectivity index (χ0v) is 29.1. The van der Waals surface area contributed by atoms with Crippen molar-refractivity contribution in [1.29, 1.82) is 5.26 Å². The Hall–Kier alpha value is -5.08. The summed E-state index contributed by atoms with van der Waals surface area (Å²) in [5.74, 6) is -2.88. The number of nitriles is 1. The first-order valence-electron chi connectivity index (χ1n) is 16.9. The molecule has 5 heterocycles. The fraction of sp³-hybridized carbons (Fsp3) is 0.389. The van der Waals surface area contributed by atoms with Crippen molar-refractivity contribution in [3.05, 3.63) is 58.8 Å². The van der Waals surface area contributed by atoms with Crippen molar-refractivity contribution in [2.24, 2.45) is 5.41 Å². The van der Waals surface area contributed by atoms with Crippen molar-refractivity contribution in [3.63, 3.8) is 0 Å². The molecule has 8 rings (SSSR count). The lowest BCUT2D eigenvalue weighted by Crippen LogP contribution is -2.33. The number of benzene rings is 2. The average Bonchev–Trinajstić information content (AvgIpc) is 3.69. The van der Waals surface area contributed by atoms with Gasteiger partial charge >= 0.3 is 12.2 Å². The lowest BCUT2D eigenvalue weighted by Gasteiger charge is -2.30. The van der Waals surface area contributed by atoms with Crippen LogP contribution in [0.4, 0.5) is 43.0 Å². The van der Waals surface area contributed by atoms with Gasteiger partial charge in [-0.15, -0.1) is 11.3 Å². The highest BCUT2D eigenvalue weighted by molar-refractivity contribution is 7.23. The number of nitrogens with zero attached hydrogens (tertiary/aromatic N) is 6. The van der Waals surface area contributed by atoms with Gasteiger partial charge in [0.25, 0.3) is 0 Å². The van der Waals surface area contributed by atoms with Gasteiger partial charge in [0.2, 0.25) is 0 Å². The molecule has 2 fully saturated rings. The Morgan fingerprint density at radius 1 is 1.15 bits per heavy atom. The van der Waals surface area contributed by atoms with Crippen LogP contribution >= 0.6 is 11.3 Å². The Labute approximate surface area is 302 Å². The summed E-state index contributed by atoms with van der Waals surface area (Å²) in [5, 5.41) is 9.17. The number of rotatable bonds is 8. The minimum Gasteiger partial charge on any atom is -0.490 e. The lowest BCUT2D eigenvalue weighted by molar-refractivity contribution is -0.138. The van der Waals surface area contributed by atoms with Crippen LogP contribution in [0.3, 0.4) is 0 Å². The molecule has 1 aliphatic carbocycles. The van der Waals surface area contributed by atoms with Crippen LogP contribution in [0.25, 0.3) is 32.1 Å². The molecule has 5 aromatic rings. The van der Waals surface area contributed by atoms with Crippen LogP contribution in [0.15, 0.2) is 30.5 Å². The van der Waals surface area contributed by atoms with Gasteiger partial charge in [-0.05, 0) is 43.9 Å². The quantitative estimate of drug-likeness (QED) is 0.154. The Morgan fingerprint density at radius 2 is 1.94 bits per heavy atom. The van der Waals surface area contributed by atoms with Gasteiger partial charge in [0.15, 0.2) is 5.82 Å². The van der Waals surface area contributed by atoms with Gasteiger partial charge in [0, 0.05) is 47.8 Å². The van der Waals surface area contributed by atoms with Crippen molar-refractivity contribution in [1.82, 2.24) is 19.9 Å². The Balaban J connectivity index is 1.36. The third-order valence-corrected chi connectivity index (χ3v) is 11.4. The number of aromatic nitrogens is 3. The maximum Gasteiger partial charge on any atom is 0.420 e. The van der Waals surface area contributed by atoms with Crippen molar-refractivity contribution >= 4 is 49.0 Å². The predicted molar refractivity (Wildman–Crippen MR) is 187 cm³/mol. The van der Waals surface area contributed by atoms with Gasteiger partial charge in [-0.2, -0.15) is 28.4 Å². The van der Waals surface area contributed by atoms with E-state index in [0.29, 0.717) is 43.0 Å². The molecule has 1 saturated carbocycles. The average molecular weight is 755 g/mol. The highest BCUT2D eigenvalue weighted by Crippen LogP contribution is 2.54. The minimum absolute atomic E-state index is 0.00623. The summed E-state index contributed by atoms with van der Waals surface area (Å²) in [4.78, 5) is 16.8. The standard InChI is InChI=1S/C36H32F6N8O2S/c1-17(19-3-2-9-46-31(19)44)50-11-12-51-29-25-28(47-34(48-33(25)50)52-16-35(7-8-35)15-49-10-6-18(37)14-49)27(39)24(26(29)36(40,41)42)20-4-5-22(38)30-23(20)21(13-43)32(45)53-30/h2-5,9,17-18H,6-8,10-12,14-16,45H2,1H3,(H2,44,46)/t17-,18-/m1/s1. The van der Waals surface area contributed by atoms with E-state index in [0.717, 1.165) is 25.0 Å². The second kappa shape index (κ2) is 12.8. The van der Waals surface area contributed by atoms with Crippen molar-refractivity contribution in [2.45, 2.75) is 44.6 Å². The first-order chi connectivity index (χ1) is 25.3. The van der Waals surface area contributed by atoms with E-state index < -0.39 is 58.0 Å². The van der Waals surface area contributed by atoms with E-state index in [4.69, 9.17) is 20.9 Å². The van der Waals surface area contributed by atoms with Gasteiger partial charge in [-0.1, -0.05) is 12.1 Å². The second-order valence-corrected chi connectivity index (χ2v) is 14.9. The van der Waals surface area contributed by atoms with Crippen LogP contribution in [-0.2, 0) is 6.18 Å². The summed E-state index contributed by atoms with van der Waals surface area (Å²) in [5.41, 5.74) is 8.74. The van der Waals surface area contributed by atoms with Gasteiger partial charge in [0.1, 0.15) is 58.1 Å². The van der Waals surface area contributed by atoms with Gasteiger partial charge < -0.3 is 25.8 Å². The molecule has 0 spiro atoms. The molecule has 2 atom stereocenters. The molecule has 4 N–H and O–H groups in total. The second-order valence-electron chi connectivity index (χ2n) is 13.8. The molecule has 53 heavy (non-hydrogen) atoms. The van der Waals surface area contributed by atoms with Crippen LogP contribution in [0, 0.1) is 28.4 Å². The summed E-state index contributed by atoms with van der Waals surface area (Å²) in [6.07, 6.45) is -2.58. The number of ether oxygens (including phenoxy) is 2. The first-order valence-corrected chi connectivity index (χ1v) is 17.8. The molecule has 3 aliphatic rings. The molecule has 276 valence electrons. The normalized spacial score (nSPS) is 18.9. The number of anilines is 3. The van der Waals surface area contributed by atoms with E-state index >= 15 is 22.0 Å².